The number of fused-ring (bicyclic) bond motifs is 1. The highest BCUT2D eigenvalue weighted by Gasteiger charge is 2.56. The van der Waals surface area contributed by atoms with Crippen LogP contribution in [0.1, 0.15) is 19.4 Å². The highest BCUT2D eigenvalue weighted by atomic mass is 16.8. The molecular formula is C18H25NO8. The molecule has 2 heterocycles. The molecule has 0 spiro atoms. The summed E-state index contributed by atoms with van der Waals surface area (Å²) >= 11 is 0. The van der Waals surface area contributed by atoms with Gasteiger partial charge in [0.05, 0.1) is 12.6 Å². The lowest BCUT2D eigenvalue weighted by atomic mass is 10.0. The number of aliphatic hydroxyl groups is 3. The van der Waals surface area contributed by atoms with E-state index >= 15 is 0 Å². The number of hydrogen-bond acceptors (Lipinski definition) is 8. The van der Waals surface area contributed by atoms with E-state index in [0.29, 0.717) is 0 Å². The zero-order chi connectivity index (χ0) is 19.6. The molecule has 4 N–H and O–H groups in total. The van der Waals surface area contributed by atoms with E-state index in [9.17, 15) is 20.1 Å². The topological polar surface area (TPSA) is 127 Å². The van der Waals surface area contributed by atoms with Crippen LogP contribution in [0.5, 0.6) is 0 Å². The summed E-state index contributed by atoms with van der Waals surface area (Å²) in [5.41, 5.74) is 0.799. The lowest BCUT2D eigenvalue weighted by Crippen LogP contribution is -2.54. The second-order valence-electron chi connectivity index (χ2n) is 7.05. The predicted octanol–water partition coefficient (Wildman–Crippen LogP) is -0.128. The number of benzene rings is 1. The summed E-state index contributed by atoms with van der Waals surface area (Å²) in [6.45, 7) is 2.85. The van der Waals surface area contributed by atoms with Gasteiger partial charge in [-0.25, -0.2) is 4.79 Å². The Morgan fingerprint density at radius 3 is 2.63 bits per heavy atom. The highest BCUT2D eigenvalue weighted by molar-refractivity contribution is 5.67. The molecule has 150 valence electrons. The molecular weight excluding hydrogens is 358 g/mol. The van der Waals surface area contributed by atoms with E-state index in [1.54, 1.807) is 26.0 Å². The molecule has 2 aliphatic heterocycles. The number of nitrogens with one attached hydrogen (secondary N) is 1. The first-order chi connectivity index (χ1) is 12.8. The van der Waals surface area contributed by atoms with Gasteiger partial charge in [0.15, 0.2) is 12.1 Å². The molecule has 1 aromatic rings. The third kappa shape index (κ3) is 4.57. The second kappa shape index (κ2) is 8.09. The van der Waals surface area contributed by atoms with Crippen molar-refractivity contribution < 1.29 is 39.1 Å². The number of hydrogen-bond donors (Lipinski definition) is 4. The summed E-state index contributed by atoms with van der Waals surface area (Å²) in [5.74, 6) is -0.901. The summed E-state index contributed by atoms with van der Waals surface area (Å²) in [7, 11) is 0. The average Bonchev–Trinajstić information content (AvgIpc) is 3.11. The fourth-order valence-electron chi connectivity index (χ4n) is 3.18. The smallest absolute Gasteiger partial charge is 0.407 e. The van der Waals surface area contributed by atoms with Crippen molar-refractivity contribution in [2.24, 2.45) is 0 Å². The van der Waals surface area contributed by atoms with Gasteiger partial charge >= 0.3 is 6.09 Å². The minimum Gasteiger partial charge on any atom is -0.445 e. The highest BCUT2D eigenvalue weighted by Crippen LogP contribution is 2.38. The molecule has 0 saturated carbocycles. The summed E-state index contributed by atoms with van der Waals surface area (Å²) in [6, 6.07) is 7.98. The molecule has 9 nitrogen and oxygen atoms in total. The second-order valence-corrected chi connectivity index (χ2v) is 7.05. The predicted molar refractivity (Wildman–Crippen MR) is 91.3 cm³/mol. The molecule has 6 atom stereocenters. The number of rotatable bonds is 6. The maximum Gasteiger partial charge on any atom is 0.407 e. The van der Waals surface area contributed by atoms with E-state index in [-0.39, 0.29) is 6.61 Å². The van der Waals surface area contributed by atoms with E-state index in [0.717, 1.165) is 5.56 Å². The molecule has 9 heteroatoms. The number of carbonyl (C=O) groups excluding carboxylic acids is 1. The van der Waals surface area contributed by atoms with E-state index < -0.39 is 55.2 Å². The average molecular weight is 383 g/mol. The summed E-state index contributed by atoms with van der Waals surface area (Å²) in [5, 5.41) is 32.8. The third-order valence-electron chi connectivity index (χ3n) is 4.51. The van der Waals surface area contributed by atoms with Crippen LogP contribution in [0.25, 0.3) is 0 Å². The molecule has 1 amide bonds. The molecule has 3 rings (SSSR count). The normalized spacial score (nSPS) is 31.1. The van der Waals surface area contributed by atoms with Gasteiger partial charge in [0.1, 0.15) is 31.0 Å². The van der Waals surface area contributed by atoms with Gasteiger partial charge in [-0.3, -0.25) is 0 Å². The molecule has 2 fully saturated rings. The Hall–Kier alpha value is -1.75. The molecule has 2 aliphatic rings. The molecule has 2 saturated heterocycles. The lowest BCUT2D eigenvalue weighted by Gasteiger charge is -2.30. The quantitative estimate of drug-likeness (QED) is 0.535. The molecule has 1 aromatic carbocycles. The molecule has 0 aliphatic carbocycles. The van der Waals surface area contributed by atoms with E-state index in [1.807, 2.05) is 18.2 Å². The fraction of sp³-hybridized carbons (Fsp3) is 0.611. The summed E-state index contributed by atoms with van der Waals surface area (Å²) in [6.07, 6.45) is -6.07. The van der Waals surface area contributed by atoms with Gasteiger partial charge in [-0.15, -0.1) is 0 Å². The van der Waals surface area contributed by atoms with Gasteiger partial charge in [0.25, 0.3) is 0 Å². The van der Waals surface area contributed by atoms with Crippen LogP contribution < -0.4 is 5.32 Å². The number of carbonyl (C=O) groups is 1. The van der Waals surface area contributed by atoms with Crippen LogP contribution in [0.2, 0.25) is 0 Å². The number of ether oxygens (including phenoxy) is 4. The largest absolute Gasteiger partial charge is 0.445 e. The Balaban J connectivity index is 1.53. The van der Waals surface area contributed by atoms with Crippen LogP contribution in [0.15, 0.2) is 30.3 Å². The van der Waals surface area contributed by atoms with Crippen LogP contribution in [0, 0.1) is 0 Å². The minimum atomic E-state index is -1.39. The van der Waals surface area contributed by atoms with Crippen molar-refractivity contribution >= 4 is 6.09 Å². The zero-order valence-electron chi connectivity index (χ0n) is 15.1. The maximum absolute atomic E-state index is 12.0. The van der Waals surface area contributed by atoms with Crippen LogP contribution in [-0.4, -0.2) is 70.6 Å². The van der Waals surface area contributed by atoms with Gasteiger partial charge in [-0.1, -0.05) is 30.3 Å². The van der Waals surface area contributed by atoms with E-state index in [4.69, 9.17) is 18.9 Å². The van der Waals surface area contributed by atoms with Crippen LogP contribution >= 0.6 is 0 Å². The number of alkyl carbamates (subject to hydrolysis) is 1. The van der Waals surface area contributed by atoms with Gasteiger partial charge in [0.2, 0.25) is 0 Å². The van der Waals surface area contributed by atoms with E-state index in [2.05, 4.69) is 5.32 Å². The Bertz CT molecular complexity index is 640. The Kier molecular flexibility index (Phi) is 5.99. The van der Waals surface area contributed by atoms with Crippen molar-refractivity contribution in [2.75, 3.05) is 6.61 Å². The van der Waals surface area contributed by atoms with Crippen molar-refractivity contribution in [2.45, 2.75) is 63.0 Å². The summed E-state index contributed by atoms with van der Waals surface area (Å²) in [4.78, 5) is 12.0. The maximum atomic E-state index is 12.0. The first kappa shape index (κ1) is 20.0. The SMILES string of the molecule is CC1(C)O[C@H]2O[C@H]([C@@H](O)[C@H](CO)NC(=O)OCc3ccccc3)[C@H](O)[C@H]2O1. The first-order valence-corrected chi connectivity index (χ1v) is 8.76. The first-order valence-electron chi connectivity index (χ1n) is 8.76. The van der Waals surface area contributed by atoms with Crippen molar-refractivity contribution in [1.82, 2.24) is 5.32 Å². The third-order valence-corrected chi connectivity index (χ3v) is 4.51. The van der Waals surface area contributed by atoms with Gasteiger partial charge in [-0.05, 0) is 19.4 Å². The van der Waals surface area contributed by atoms with Gasteiger partial charge in [0, 0.05) is 0 Å². The lowest BCUT2D eigenvalue weighted by molar-refractivity contribution is -0.227. The number of amides is 1. The van der Waals surface area contributed by atoms with Crippen LogP contribution in [0.4, 0.5) is 4.79 Å². The van der Waals surface area contributed by atoms with E-state index in [1.165, 1.54) is 0 Å². The minimum absolute atomic E-state index is 0.0460. The van der Waals surface area contributed by atoms with Gasteiger partial charge in [-0.2, -0.15) is 0 Å². The van der Waals surface area contributed by atoms with Crippen molar-refractivity contribution in [1.29, 1.82) is 0 Å². The van der Waals surface area contributed by atoms with Crippen molar-refractivity contribution in [3.8, 4) is 0 Å². The molecule has 0 aromatic heterocycles. The Morgan fingerprint density at radius 1 is 1.30 bits per heavy atom. The molecule has 0 bridgehead atoms. The standard InChI is InChI=1S/C18H25NO8/c1-18(2)26-15-13(22)14(25-16(15)27-18)12(21)11(8-20)19-17(23)24-9-10-6-4-3-5-7-10/h3-7,11-16,20-22H,8-9H2,1-2H3,(H,19,23)/t11-,12-,13-,14+,15+,16+/m0/s1. The Labute approximate surface area is 156 Å². The van der Waals surface area contributed by atoms with Crippen LogP contribution in [-0.2, 0) is 25.6 Å². The zero-order valence-corrected chi connectivity index (χ0v) is 15.1. The molecule has 0 unspecified atom stereocenters. The fourth-order valence-corrected chi connectivity index (χ4v) is 3.18. The van der Waals surface area contributed by atoms with Crippen molar-refractivity contribution in [3.63, 3.8) is 0 Å². The summed E-state index contributed by atoms with van der Waals surface area (Å²) < 4.78 is 21.7. The molecule has 27 heavy (non-hydrogen) atoms. The monoisotopic (exact) mass is 383 g/mol. The molecule has 0 radical (unpaired) electrons. The Morgan fingerprint density at radius 2 is 2.00 bits per heavy atom. The van der Waals surface area contributed by atoms with Gasteiger partial charge < -0.3 is 39.6 Å². The van der Waals surface area contributed by atoms with Crippen molar-refractivity contribution in [3.05, 3.63) is 35.9 Å². The number of aliphatic hydroxyl groups excluding tert-OH is 3. The van der Waals surface area contributed by atoms with Crippen LogP contribution in [0.3, 0.4) is 0 Å².